The number of esters is 1. The number of methoxy groups -OCH3 is 1. The van der Waals surface area contributed by atoms with E-state index in [0.717, 1.165) is 10.5 Å². The topological polar surface area (TPSA) is 68.1 Å². The Morgan fingerprint density at radius 2 is 1.70 bits per heavy atom. The Kier molecular flexibility index (Phi) is 7.59. The second-order valence-corrected chi connectivity index (χ2v) is 10.1. The fourth-order valence-corrected chi connectivity index (χ4v) is 3.77. The van der Waals surface area contributed by atoms with Crippen molar-refractivity contribution in [3.05, 3.63) is 59.2 Å². The van der Waals surface area contributed by atoms with Crippen molar-refractivity contribution >= 4 is 23.4 Å². The van der Waals surface area contributed by atoms with Gasteiger partial charge in [-0.25, -0.2) is 4.79 Å². The van der Waals surface area contributed by atoms with Crippen LogP contribution in [0.4, 0.5) is 0 Å². The van der Waals surface area contributed by atoms with Crippen LogP contribution in [0.2, 0.25) is 0 Å². The van der Waals surface area contributed by atoms with E-state index in [1.807, 2.05) is 77.9 Å². The smallest absolute Gasteiger partial charge is 0.342 e. The van der Waals surface area contributed by atoms with Gasteiger partial charge in [-0.15, -0.1) is 11.8 Å². The van der Waals surface area contributed by atoms with E-state index >= 15 is 0 Å². The molecule has 0 heterocycles. The summed E-state index contributed by atoms with van der Waals surface area (Å²) < 4.78 is 11.2. The van der Waals surface area contributed by atoms with Gasteiger partial charge >= 0.3 is 5.97 Å². The molecule has 0 saturated carbocycles. The summed E-state index contributed by atoms with van der Waals surface area (Å²) in [6, 6.07) is 13.5. The van der Waals surface area contributed by atoms with Gasteiger partial charge in [0.15, 0.2) is 0 Å². The molecular weight excluding hydrogens is 398 g/mol. The number of hydrogen-bond acceptors (Lipinski definition) is 6. The summed E-state index contributed by atoms with van der Waals surface area (Å²) in [4.78, 5) is 14.0. The Bertz CT molecular complexity index is 909. The van der Waals surface area contributed by atoms with E-state index in [9.17, 15) is 10.0 Å². The van der Waals surface area contributed by atoms with Crippen molar-refractivity contribution in [1.29, 1.82) is 0 Å². The van der Waals surface area contributed by atoms with Gasteiger partial charge in [-0.05, 0) is 50.5 Å². The molecule has 0 bridgehead atoms. The van der Waals surface area contributed by atoms with Crippen LogP contribution in [0.5, 0.6) is 5.75 Å². The molecule has 0 aliphatic heterocycles. The van der Waals surface area contributed by atoms with Gasteiger partial charge in [-0.1, -0.05) is 44.1 Å². The molecule has 0 atom stereocenters. The molecule has 2 rings (SSSR count). The molecule has 0 fully saturated rings. The summed E-state index contributed by atoms with van der Waals surface area (Å²) >= 11 is 1.56. The lowest BCUT2D eigenvalue weighted by Gasteiger charge is -2.26. The summed E-state index contributed by atoms with van der Waals surface area (Å²) in [5, 5.41) is 13.3. The molecule has 6 heteroatoms. The van der Waals surface area contributed by atoms with E-state index in [-0.39, 0.29) is 5.41 Å². The van der Waals surface area contributed by atoms with Gasteiger partial charge in [-0.2, -0.15) is 0 Å². The first-order valence-corrected chi connectivity index (χ1v) is 10.8. The van der Waals surface area contributed by atoms with E-state index < -0.39 is 11.6 Å². The number of carbonyl (C=O) groups excluding carboxylic acids is 1. The first-order chi connectivity index (χ1) is 14.0. The van der Waals surface area contributed by atoms with Gasteiger partial charge in [0, 0.05) is 21.8 Å². The third-order valence-electron chi connectivity index (χ3n) is 4.29. The Morgan fingerprint density at radius 1 is 1.07 bits per heavy atom. The van der Waals surface area contributed by atoms with Gasteiger partial charge in [0.2, 0.25) is 0 Å². The SMILES string of the molecule is COc1c(C(=O)OC(C)(C)C)cc(/C(CSc2ccccc2)=N\O)cc1C(C)(C)C. The second kappa shape index (κ2) is 9.56. The van der Waals surface area contributed by atoms with E-state index in [1.165, 1.54) is 0 Å². The monoisotopic (exact) mass is 429 g/mol. The molecule has 0 unspecified atom stereocenters. The van der Waals surface area contributed by atoms with Gasteiger partial charge in [0.1, 0.15) is 16.9 Å². The zero-order valence-electron chi connectivity index (χ0n) is 18.8. The first kappa shape index (κ1) is 23.8. The number of benzene rings is 2. The molecular formula is C24H31NO4S. The van der Waals surface area contributed by atoms with Crippen LogP contribution >= 0.6 is 11.8 Å². The van der Waals surface area contributed by atoms with Gasteiger partial charge < -0.3 is 14.7 Å². The second-order valence-electron chi connectivity index (χ2n) is 9.00. The lowest BCUT2D eigenvalue weighted by molar-refractivity contribution is 0.00662. The van der Waals surface area contributed by atoms with E-state index in [4.69, 9.17) is 9.47 Å². The van der Waals surface area contributed by atoms with Gasteiger partial charge in [0.25, 0.3) is 0 Å². The minimum Gasteiger partial charge on any atom is -0.496 e. The Morgan fingerprint density at radius 3 is 2.20 bits per heavy atom. The average molecular weight is 430 g/mol. The number of thioether (sulfide) groups is 1. The third kappa shape index (κ3) is 6.26. The zero-order chi connectivity index (χ0) is 22.5. The minimum absolute atomic E-state index is 0.300. The minimum atomic E-state index is -0.642. The first-order valence-electron chi connectivity index (χ1n) is 9.81. The zero-order valence-corrected chi connectivity index (χ0v) is 19.6. The highest BCUT2D eigenvalue weighted by molar-refractivity contribution is 8.00. The van der Waals surface area contributed by atoms with Crippen molar-refractivity contribution in [2.75, 3.05) is 12.9 Å². The number of carbonyl (C=O) groups is 1. The number of oxime groups is 1. The van der Waals surface area contributed by atoms with Crippen molar-refractivity contribution in [2.45, 2.75) is 57.5 Å². The van der Waals surface area contributed by atoms with E-state index in [2.05, 4.69) is 5.16 Å². The molecule has 0 aliphatic carbocycles. The highest BCUT2D eigenvalue weighted by Gasteiger charge is 2.29. The molecule has 162 valence electrons. The largest absolute Gasteiger partial charge is 0.496 e. The van der Waals surface area contributed by atoms with E-state index in [0.29, 0.717) is 28.3 Å². The van der Waals surface area contributed by atoms with Crippen molar-refractivity contribution in [3.63, 3.8) is 0 Å². The molecule has 2 aromatic carbocycles. The summed E-state index contributed by atoms with van der Waals surface area (Å²) in [5.41, 5.74) is 1.35. The van der Waals surface area contributed by atoms with Crippen LogP contribution in [0.3, 0.4) is 0 Å². The fraction of sp³-hybridized carbons (Fsp3) is 0.417. The number of hydrogen-bond donors (Lipinski definition) is 1. The highest BCUT2D eigenvalue weighted by atomic mass is 32.2. The van der Waals surface area contributed by atoms with Crippen LogP contribution in [0, 0.1) is 0 Å². The quantitative estimate of drug-likeness (QED) is 0.203. The van der Waals surface area contributed by atoms with Gasteiger partial charge in [-0.3, -0.25) is 0 Å². The molecule has 0 saturated heterocycles. The summed E-state index contributed by atoms with van der Waals surface area (Å²) in [7, 11) is 1.55. The maximum atomic E-state index is 13.0. The van der Waals surface area contributed by atoms with Gasteiger partial charge in [0.05, 0.1) is 12.8 Å². The van der Waals surface area contributed by atoms with Crippen LogP contribution in [-0.4, -0.2) is 35.4 Å². The molecule has 0 amide bonds. The Hall–Kier alpha value is -2.47. The summed E-state index contributed by atoms with van der Waals surface area (Å²) in [5.74, 6) is 0.456. The molecule has 30 heavy (non-hydrogen) atoms. The molecule has 0 aliphatic rings. The third-order valence-corrected chi connectivity index (χ3v) is 5.32. The normalized spacial score (nSPS) is 12.6. The molecule has 2 aromatic rings. The number of nitrogens with zero attached hydrogens (tertiary/aromatic N) is 1. The van der Waals surface area contributed by atoms with Crippen LogP contribution in [0.15, 0.2) is 52.5 Å². The van der Waals surface area contributed by atoms with Crippen molar-refractivity contribution in [3.8, 4) is 5.75 Å². The molecule has 0 radical (unpaired) electrons. The maximum absolute atomic E-state index is 13.0. The van der Waals surface area contributed by atoms with Crippen molar-refractivity contribution in [1.82, 2.24) is 0 Å². The number of rotatable bonds is 6. The molecule has 5 nitrogen and oxygen atoms in total. The van der Waals surface area contributed by atoms with Crippen LogP contribution in [0.25, 0.3) is 0 Å². The predicted molar refractivity (Wildman–Crippen MR) is 122 cm³/mol. The van der Waals surface area contributed by atoms with E-state index in [1.54, 1.807) is 24.9 Å². The van der Waals surface area contributed by atoms with Crippen molar-refractivity contribution in [2.24, 2.45) is 5.16 Å². The average Bonchev–Trinajstić information content (AvgIpc) is 2.66. The van der Waals surface area contributed by atoms with Crippen LogP contribution in [0.1, 0.15) is 63.0 Å². The summed E-state index contributed by atoms with van der Waals surface area (Å²) in [6.07, 6.45) is 0. The molecule has 0 spiro atoms. The summed E-state index contributed by atoms with van der Waals surface area (Å²) in [6.45, 7) is 11.6. The molecule has 0 aromatic heterocycles. The van der Waals surface area contributed by atoms with Crippen LogP contribution in [-0.2, 0) is 10.2 Å². The molecule has 1 N–H and O–H groups in total. The Labute approximate surface area is 183 Å². The van der Waals surface area contributed by atoms with Crippen LogP contribution < -0.4 is 4.74 Å². The highest BCUT2D eigenvalue weighted by Crippen LogP contribution is 2.36. The lowest BCUT2D eigenvalue weighted by Crippen LogP contribution is -2.25. The Balaban J connectivity index is 2.52. The standard InChI is InChI=1S/C24H31NO4S/c1-23(2,3)19-14-16(20(25-27)15-30-17-11-9-8-10-12-17)13-18(21(19)28-7)22(26)29-24(4,5)6/h8-14,27H,15H2,1-7H3/b25-20-. The van der Waals surface area contributed by atoms with Crippen molar-refractivity contribution < 1.29 is 19.5 Å². The maximum Gasteiger partial charge on any atom is 0.342 e. The predicted octanol–water partition coefficient (Wildman–Crippen LogP) is 5.92. The lowest BCUT2D eigenvalue weighted by atomic mass is 9.83. The fourth-order valence-electron chi connectivity index (χ4n) is 2.90. The number of ether oxygens (including phenoxy) is 2.